The van der Waals surface area contributed by atoms with E-state index >= 15 is 0 Å². The molecule has 0 saturated heterocycles. The fraction of sp³-hybridized carbons (Fsp3) is 0.857. The number of unbranched alkanes of at least 4 members (excludes halogenated alkanes) is 1. The molecule has 0 heterocycles. The summed E-state index contributed by atoms with van der Waals surface area (Å²) in [6.07, 6.45) is 2.48. The molecule has 0 aliphatic heterocycles. The molecule has 0 amide bonds. The molecule has 0 aromatic carbocycles. The number of hydrogen-bond donors (Lipinski definition) is 0. The number of carbonyl (C=O) groups excluding carboxylic acids is 1. The van der Waals surface area contributed by atoms with Gasteiger partial charge in [-0.25, -0.2) is 0 Å². The van der Waals surface area contributed by atoms with Crippen molar-refractivity contribution >= 4 is 16.8 Å². The molecule has 0 aliphatic rings. The van der Waals surface area contributed by atoms with Crippen LogP contribution in [-0.4, -0.2) is 5.24 Å². The predicted molar refractivity (Wildman–Crippen MR) is 41.7 cm³/mol. The summed E-state index contributed by atoms with van der Waals surface area (Å²) in [4.78, 5) is 9.97. The Labute approximate surface area is 62.4 Å². The molecule has 0 atom stereocenters. The molecule has 0 fully saturated rings. The molecule has 0 saturated carbocycles. The van der Waals surface area contributed by atoms with Gasteiger partial charge in [-0.15, -0.1) is 0 Å². The number of halogens is 1. The zero-order chi connectivity index (χ0) is 7.70. The van der Waals surface area contributed by atoms with Gasteiger partial charge in [0.1, 0.15) is 0 Å². The van der Waals surface area contributed by atoms with Gasteiger partial charge < -0.3 is 0 Å². The first-order valence-electron chi connectivity index (χ1n) is 3.45. The third-order valence-corrected chi connectivity index (χ3v) is 0.916. The van der Waals surface area contributed by atoms with Crippen molar-refractivity contribution in [3.63, 3.8) is 0 Å². The van der Waals surface area contributed by atoms with E-state index in [0.29, 0.717) is 6.42 Å². The van der Waals surface area contributed by atoms with Crippen LogP contribution in [0.1, 0.15) is 40.0 Å². The van der Waals surface area contributed by atoms with Crippen LogP contribution in [0.4, 0.5) is 0 Å². The number of hydrogen-bond acceptors (Lipinski definition) is 1. The van der Waals surface area contributed by atoms with Crippen molar-refractivity contribution in [2.75, 3.05) is 0 Å². The highest BCUT2D eigenvalue weighted by molar-refractivity contribution is 6.63. The van der Waals surface area contributed by atoms with E-state index in [1.165, 1.54) is 0 Å². The fourth-order valence-electron chi connectivity index (χ4n) is 0.316. The van der Waals surface area contributed by atoms with Gasteiger partial charge in [-0.1, -0.05) is 27.2 Å². The summed E-state index contributed by atoms with van der Waals surface area (Å²) in [6, 6.07) is 0. The Morgan fingerprint density at radius 1 is 1.44 bits per heavy atom. The molecule has 0 aromatic rings. The minimum absolute atomic E-state index is 0.221. The van der Waals surface area contributed by atoms with Gasteiger partial charge in [0.25, 0.3) is 0 Å². The maximum atomic E-state index is 9.97. The molecule has 2 heteroatoms. The van der Waals surface area contributed by atoms with E-state index in [2.05, 4.69) is 0 Å². The summed E-state index contributed by atoms with van der Waals surface area (Å²) in [5, 5.41) is -0.221. The summed E-state index contributed by atoms with van der Waals surface area (Å²) < 4.78 is 0. The average Bonchev–Trinajstić information content (AvgIpc) is 1.88. The SMILES string of the molecule is CC.CCCCC(=O)Cl. The van der Waals surface area contributed by atoms with E-state index in [4.69, 9.17) is 11.6 Å². The summed E-state index contributed by atoms with van der Waals surface area (Å²) in [6.45, 7) is 6.03. The van der Waals surface area contributed by atoms with Crippen molar-refractivity contribution in [2.45, 2.75) is 40.0 Å². The predicted octanol–water partition coefficient (Wildman–Crippen LogP) is 2.97. The molecule has 0 aliphatic carbocycles. The van der Waals surface area contributed by atoms with Gasteiger partial charge in [-0.05, 0) is 18.0 Å². The lowest BCUT2D eigenvalue weighted by molar-refractivity contribution is -0.111. The molecule has 0 radical (unpaired) electrons. The quantitative estimate of drug-likeness (QED) is 0.566. The summed E-state index contributed by atoms with van der Waals surface area (Å²) in [5.74, 6) is 0. The minimum atomic E-state index is -0.221. The topological polar surface area (TPSA) is 17.1 Å². The minimum Gasteiger partial charge on any atom is -0.281 e. The van der Waals surface area contributed by atoms with Crippen LogP contribution in [-0.2, 0) is 4.79 Å². The van der Waals surface area contributed by atoms with Crippen LogP contribution < -0.4 is 0 Å². The Balaban J connectivity index is 0. The normalized spacial score (nSPS) is 7.56. The third kappa shape index (κ3) is 18.0. The van der Waals surface area contributed by atoms with Gasteiger partial charge in [-0.2, -0.15) is 0 Å². The van der Waals surface area contributed by atoms with Crippen molar-refractivity contribution in [3.8, 4) is 0 Å². The smallest absolute Gasteiger partial charge is 0.221 e. The lowest BCUT2D eigenvalue weighted by Gasteiger charge is -1.84. The van der Waals surface area contributed by atoms with E-state index in [0.717, 1.165) is 12.8 Å². The molecular formula is C7H15ClO. The van der Waals surface area contributed by atoms with Crippen LogP contribution in [0, 0.1) is 0 Å². The van der Waals surface area contributed by atoms with Gasteiger partial charge in [0.05, 0.1) is 0 Å². The van der Waals surface area contributed by atoms with Crippen LogP contribution in [0.3, 0.4) is 0 Å². The maximum absolute atomic E-state index is 9.97. The Morgan fingerprint density at radius 3 is 2.00 bits per heavy atom. The van der Waals surface area contributed by atoms with Gasteiger partial charge in [-0.3, -0.25) is 4.79 Å². The molecule has 0 rings (SSSR count). The highest BCUT2D eigenvalue weighted by Crippen LogP contribution is 1.96. The first kappa shape index (κ1) is 11.7. The molecule has 0 spiro atoms. The lowest BCUT2D eigenvalue weighted by atomic mass is 10.3. The summed E-state index contributed by atoms with van der Waals surface area (Å²) in [7, 11) is 0. The van der Waals surface area contributed by atoms with Crippen LogP contribution in [0.25, 0.3) is 0 Å². The second kappa shape index (κ2) is 10.9. The average molecular weight is 151 g/mol. The molecule has 56 valence electrons. The monoisotopic (exact) mass is 150 g/mol. The van der Waals surface area contributed by atoms with Crippen LogP contribution in [0.15, 0.2) is 0 Å². The van der Waals surface area contributed by atoms with Crippen molar-refractivity contribution in [3.05, 3.63) is 0 Å². The lowest BCUT2D eigenvalue weighted by Crippen LogP contribution is -1.82. The molecular weight excluding hydrogens is 136 g/mol. The summed E-state index contributed by atoms with van der Waals surface area (Å²) >= 11 is 5.02. The van der Waals surface area contributed by atoms with E-state index in [1.54, 1.807) is 0 Å². The third-order valence-electron chi connectivity index (χ3n) is 0.727. The standard InChI is InChI=1S/C5H9ClO.C2H6/c1-2-3-4-5(6)7;1-2/h2-4H2,1H3;1-2H3. The van der Waals surface area contributed by atoms with Crippen LogP contribution >= 0.6 is 11.6 Å². The Hall–Kier alpha value is -0.0400. The van der Waals surface area contributed by atoms with Crippen molar-refractivity contribution in [1.82, 2.24) is 0 Å². The van der Waals surface area contributed by atoms with E-state index in [9.17, 15) is 4.79 Å². The number of rotatable bonds is 3. The maximum Gasteiger partial charge on any atom is 0.221 e. The van der Waals surface area contributed by atoms with Gasteiger partial charge in [0.2, 0.25) is 5.24 Å². The highest BCUT2D eigenvalue weighted by atomic mass is 35.5. The Morgan fingerprint density at radius 2 is 1.89 bits per heavy atom. The van der Waals surface area contributed by atoms with Gasteiger partial charge in [0.15, 0.2) is 0 Å². The van der Waals surface area contributed by atoms with Crippen LogP contribution in [0.2, 0.25) is 0 Å². The first-order valence-corrected chi connectivity index (χ1v) is 3.83. The molecule has 0 unspecified atom stereocenters. The largest absolute Gasteiger partial charge is 0.281 e. The Bertz CT molecular complexity index is 61.9. The molecule has 9 heavy (non-hydrogen) atoms. The van der Waals surface area contributed by atoms with Crippen molar-refractivity contribution in [1.29, 1.82) is 0 Å². The highest BCUT2D eigenvalue weighted by Gasteiger charge is 1.90. The van der Waals surface area contributed by atoms with Gasteiger partial charge >= 0.3 is 0 Å². The zero-order valence-electron chi connectivity index (χ0n) is 6.41. The van der Waals surface area contributed by atoms with Crippen molar-refractivity contribution < 1.29 is 4.79 Å². The molecule has 0 aromatic heterocycles. The number of carbonyl (C=O) groups is 1. The zero-order valence-corrected chi connectivity index (χ0v) is 7.16. The Kier molecular flexibility index (Phi) is 14.1. The first-order chi connectivity index (χ1) is 4.27. The summed E-state index contributed by atoms with van der Waals surface area (Å²) in [5.41, 5.74) is 0. The van der Waals surface area contributed by atoms with E-state index < -0.39 is 0 Å². The molecule has 0 N–H and O–H groups in total. The second-order valence-electron chi connectivity index (χ2n) is 1.46. The fourth-order valence-corrected chi connectivity index (χ4v) is 0.449. The second-order valence-corrected chi connectivity index (χ2v) is 1.88. The van der Waals surface area contributed by atoms with Crippen LogP contribution in [0.5, 0.6) is 0 Å². The van der Waals surface area contributed by atoms with Crippen molar-refractivity contribution in [2.24, 2.45) is 0 Å². The van der Waals surface area contributed by atoms with Gasteiger partial charge in [0, 0.05) is 6.42 Å². The van der Waals surface area contributed by atoms with E-state index in [-0.39, 0.29) is 5.24 Å². The van der Waals surface area contributed by atoms with E-state index in [1.807, 2.05) is 20.8 Å². The molecule has 0 bridgehead atoms. The molecule has 1 nitrogen and oxygen atoms in total.